The number of nitrogens with zero attached hydrogens (tertiary/aromatic N) is 1. The van der Waals surface area contributed by atoms with E-state index in [0.29, 0.717) is 14.2 Å². The molecule has 7 heteroatoms. The van der Waals surface area contributed by atoms with E-state index in [4.69, 9.17) is 40.0 Å². The van der Waals surface area contributed by atoms with Crippen LogP contribution in [0, 0.1) is 4.91 Å². The minimum atomic E-state index is -0.266. The average molecular weight is 274 g/mol. The second kappa shape index (κ2) is 4.49. The van der Waals surface area contributed by atoms with E-state index < -0.39 is 0 Å². The molecule has 0 unspecified atom stereocenters. The quantitative estimate of drug-likeness (QED) is 0.819. The maximum atomic E-state index is 10.5. The molecule has 1 heterocycles. The van der Waals surface area contributed by atoms with Crippen molar-refractivity contribution in [3.63, 3.8) is 0 Å². The van der Waals surface area contributed by atoms with Crippen LogP contribution in [0.4, 0.5) is 0 Å². The molecule has 0 aliphatic carbocycles. The number of hydrogen-bond acceptors (Lipinski definition) is 2. The third kappa shape index (κ3) is 2.39. The molecule has 1 N–H and O–H groups in total. The van der Waals surface area contributed by atoms with Crippen LogP contribution in [0.15, 0.2) is 5.70 Å². The van der Waals surface area contributed by atoms with Crippen molar-refractivity contribution in [2.24, 2.45) is 0 Å². The zero-order valence-electron chi connectivity index (χ0n) is 6.92. The van der Waals surface area contributed by atoms with Crippen molar-refractivity contribution < 1.29 is 10.1 Å². The monoisotopic (exact) mass is 272 g/mol. The second-order valence-corrected chi connectivity index (χ2v) is 5.04. The van der Waals surface area contributed by atoms with Gasteiger partial charge in [0.2, 0.25) is 0 Å². The Hall–Kier alpha value is -0.290. The van der Waals surface area contributed by atoms with Crippen LogP contribution < -0.4 is 0 Å². The van der Waals surface area contributed by atoms with Crippen LogP contribution in [0.2, 0.25) is 13.7 Å². The summed E-state index contributed by atoms with van der Waals surface area (Å²) in [6, 6.07) is 0. The summed E-state index contributed by atoms with van der Waals surface area (Å²) < 4.78 is 0.729. The molecule has 0 fully saturated rings. The lowest BCUT2D eigenvalue weighted by atomic mass is 10.3. The van der Waals surface area contributed by atoms with Crippen LogP contribution in [-0.2, 0) is 0 Å². The van der Waals surface area contributed by atoms with Crippen molar-refractivity contribution in [3.05, 3.63) is 29.9 Å². The second-order valence-electron chi connectivity index (χ2n) is 2.44. The van der Waals surface area contributed by atoms with Gasteiger partial charge in [-0.1, -0.05) is 34.8 Å². The molecule has 0 bridgehead atoms. The van der Waals surface area contributed by atoms with E-state index in [1.165, 1.54) is 13.0 Å². The number of halogens is 3. The topological polar surface area (TPSA) is 40.3 Å². The van der Waals surface area contributed by atoms with E-state index in [9.17, 15) is 4.91 Å². The van der Waals surface area contributed by atoms with Gasteiger partial charge in [0.1, 0.15) is 8.67 Å². The molecule has 0 spiro atoms. The number of rotatable bonds is 2. The molecule has 0 radical (unpaired) electrons. The molecule has 0 aliphatic rings. The van der Waals surface area contributed by atoms with Crippen LogP contribution >= 0.6 is 46.1 Å². The molecule has 0 saturated carbocycles. The minimum Gasteiger partial charge on any atom is -0.241 e. The van der Waals surface area contributed by atoms with E-state index in [2.05, 4.69) is 0 Å². The molecular formula is C7H5Cl3NO2S+. The van der Waals surface area contributed by atoms with Crippen molar-refractivity contribution >= 4 is 52.2 Å². The van der Waals surface area contributed by atoms with E-state index in [1.807, 2.05) is 0 Å². The van der Waals surface area contributed by atoms with Gasteiger partial charge in [-0.2, -0.15) is 0 Å². The lowest BCUT2D eigenvalue weighted by molar-refractivity contribution is -0.754. The molecule has 14 heavy (non-hydrogen) atoms. The molecule has 1 rings (SSSR count). The smallest absolute Gasteiger partial charge is 0.241 e. The van der Waals surface area contributed by atoms with Crippen LogP contribution in [0.25, 0.3) is 6.08 Å². The van der Waals surface area contributed by atoms with Crippen molar-refractivity contribution in [3.8, 4) is 0 Å². The van der Waals surface area contributed by atoms with Crippen LogP contribution in [-0.4, -0.2) is 10.1 Å². The average Bonchev–Trinajstić information content (AvgIpc) is 2.32. The van der Waals surface area contributed by atoms with Gasteiger partial charge in [-0.15, -0.1) is 11.3 Å². The highest BCUT2D eigenvalue weighted by Gasteiger charge is 2.16. The SMILES string of the molecule is C/C(=C\c1c(Cl)sc(Cl)c1Cl)[N+](=O)O. The highest BCUT2D eigenvalue weighted by Crippen LogP contribution is 2.41. The predicted octanol–water partition coefficient (Wildman–Crippen LogP) is 4.24. The summed E-state index contributed by atoms with van der Waals surface area (Å²) in [5, 5.41) is 8.84. The summed E-state index contributed by atoms with van der Waals surface area (Å²) in [6.45, 7) is 1.42. The Kier molecular flexibility index (Phi) is 3.78. The van der Waals surface area contributed by atoms with Gasteiger partial charge in [-0.05, 0) is 0 Å². The molecule has 0 aliphatic heterocycles. The fourth-order valence-electron chi connectivity index (χ4n) is 0.755. The van der Waals surface area contributed by atoms with Crippen molar-refractivity contribution in [1.82, 2.24) is 0 Å². The molecule has 76 valence electrons. The molecule has 0 amide bonds. The summed E-state index contributed by atoms with van der Waals surface area (Å²) in [4.78, 5) is 10.2. The summed E-state index contributed by atoms with van der Waals surface area (Å²) >= 11 is 18.4. The normalized spacial score (nSPS) is 11.9. The Labute approximate surface area is 99.0 Å². The van der Waals surface area contributed by atoms with Gasteiger partial charge in [0.15, 0.2) is 0 Å². The van der Waals surface area contributed by atoms with Gasteiger partial charge in [0.05, 0.1) is 9.93 Å². The Morgan fingerprint density at radius 1 is 1.43 bits per heavy atom. The van der Waals surface area contributed by atoms with Crippen LogP contribution in [0.1, 0.15) is 12.5 Å². The first kappa shape index (κ1) is 11.8. The minimum absolute atomic E-state index is 0.0725. The third-order valence-corrected chi connectivity index (χ3v) is 3.69. The maximum absolute atomic E-state index is 10.5. The number of thiophene rings is 1. The van der Waals surface area contributed by atoms with E-state index in [0.717, 1.165) is 11.3 Å². The largest absolute Gasteiger partial charge is 0.291 e. The highest BCUT2D eigenvalue weighted by molar-refractivity contribution is 7.20. The van der Waals surface area contributed by atoms with Gasteiger partial charge >= 0.3 is 0 Å². The Bertz CT molecular complexity index is 413. The molecule has 1 aromatic heterocycles. The zero-order valence-corrected chi connectivity index (χ0v) is 10.0. The standard InChI is InChI=1S/C7H5Cl3NO2S/c1-3(11(12)13)2-4-5(8)7(10)14-6(4)9/h2H,1H3,(H,12,13)/q+1/b3-2+. The summed E-state index contributed by atoms with van der Waals surface area (Å²) in [5.74, 6) is 0. The van der Waals surface area contributed by atoms with Crippen molar-refractivity contribution in [2.75, 3.05) is 0 Å². The maximum Gasteiger partial charge on any atom is 0.291 e. The summed E-state index contributed by atoms with van der Waals surface area (Å²) in [6.07, 6.45) is 1.36. The molecular weight excluding hydrogens is 269 g/mol. The zero-order chi connectivity index (χ0) is 10.9. The summed E-state index contributed by atoms with van der Waals surface area (Å²) in [7, 11) is 0. The van der Waals surface area contributed by atoms with Gasteiger partial charge in [-0.25, -0.2) is 5.21 Å². The van der Waals surface area contributed by atoms with Crippen molar-refractivity contribution in [2.45, 2.75) is 6.92 Å². The molecule has 3 nitrogen and oxygen atoms in total. The van der Waals surface area contributed by atoms with E-state index in [-0.39, 0.29) is 15.6 Å². The van der Waals surface area contributed by atoms with E-state index >= 15 is 0 Å². The first-order valence-corrected chi connectivity index (χ1v) is 5.36. The van der Waals surface area contributed by atoms with E-state index in [1.54, 1.807) is 0 Å². The van der Waals surface area contributed by atoms with Gasteiger partial charge in [-0.3, -0.25) is 0 Å². The molecule has 0 saturated heterocycles. The van der Waals surface area contributed by atoms with Crippen LogP contribution in [0.5, 0.6) is 0 Å². The molecule has 1 aromatic rings. The first-order chi connectivity index (χ1) is 6.43. The van der Waals surface area contributed by atoms with Crippen molar-refractivity contribution in [1.29, 1.82) is 0 Å². The molecule has 0 atom stereocenters. The lowest BCUT2D eigenvalue weighted by Crippen LogP contribution is -1.96. The fourth-order valence-corrected chi connectivity index (χ4v) is 2.58. The Balaban J connectivity index is 3.20. The predicted molar refractivity (Wildman–Crippen MR) is 58.4 cm³/mol. The van der Waals surface area contributed by atoms with Gasteiger partial charge in [0.25, 0.3) is 10.6 Å². The lowest BCUT2D eigenvalue weighted by Gasteiger charge is -1.89. The number of allylic oxidation sites excluding steroid dienone is 1. The van der Waals surface area contributed by atoms with Crippen LogP contribution in [0.3, 0.4) is 0 Å². The fraction of sp³-hybridized carbons (Fsp3) is 0.143. The highest BCUT2D eigenvalue weighted by atomic mass is 35.5. The Morgan fingerprint density at radius 3 is 2.36 bits per heavy atom. The number of hydrogen-bond donors (Lipinski definition) is 1. The Morgan fingerprint density at radius 2 is 2.00 bits per heavy atom. The first-order valence-electron chi connectivity index (χ1n) is 3.41. The van der Waals surface area contributed by atoms with Gasteiger partial charge < -0.3 is 0 Å². The van der Waals surface area contributed by atoms with Gasteiger partial charge in [0, 0.05) is 18.6 Å². The molecule has 0 aromatic carbocycles. The summed E-state index contributed by atoms with van der Waals surface area (Å²) in [5.41, 5.74) is 0.513. The third-order valence-electron chi connectivity index (χ3n) is 1.45.